The standard InChI is InChI=1S/C23H25F3N4O5.C22H23F3N4O5.Na.H2O/c1-4-6-15-17(9-8-16-19(15)35-29-20(16)23(24,25)26)34-12-5-11-30(2)22(32)28-18-10-7-14(13-27-18)21(31)33-3;1-3-5-14-16(8-7-15-18(14)34-28-19(15)22(23,24)25)33-11-4-10-29(2)21(32)27-17-9-6-13(12-26-17)20(30)31;;/h7-10,13H,4-6,11-12H2,1-3H3,(H,27,28,32);6-9,12H,3-5,10-11H2,1-2H3,(H,30,31)(H,26,27,32);;1H2/q;;+1;/p-1. The molecule has 0 spiro atoms. The van der Waals surface area contributed by atoms with E-state index in [1.54, 1.807) is 14.1 Å². The van der Waals surface area contributed by atoms with E-state index in [-0.39, 0.29) is 92.9 Å². The number of nitrogens with zero attached hydrogens (tertiary/aromatic N) is 6. The summed E-state index contributed by atoms with van der Waals surface area (Å²) in [6.07, 6.45) is -3.61. The van der Waals surface area contributed by atoms with Crippen LogP contribution in [0.5, 0.6) is 11.5 Å². The molecule has 0 unspecified atom stereocenters. The third kappa shape index (κ3) is 15.6. The summed E-state index contributed by atoms with van der Waals surface area (Å²) < 4.78 is 105. The number of benzene rings is 2. The van der Waals surface area contributed by atoms with E-state index >= 15 is 0 Å². The van der Waals surface area contributed by atoms with Crippen LogP contribution in [0.4, 0.5) is 47.6 Å². The van der Waals surface area contributed by atoms with Gasteiger partial charge in [-0.3, -0.25) is 10.6 Å². The summed E-state index contributed by atoms with van der Waals surface area (Å²) in [6.45, 7) is 4.90. The summed E-state index contributed by atoms with van der Waals surface area (Å²) in [5.74, 6) is -0.333. The summed E-state index contributed by atoms with van der Waals surface area (Å²) >= 11 is 0. The summed E-state index contributed by atoms with van der Waals surface area (Å²) in [7, 11) is 4.43. The maximum atomic E-state index is 13.1. The first-order valence-corrected chi connectivity index (χ1v) is 21.3. The van der Waals surface area contributed by atoms with Crippen molar-refractivity contribution in [2.45, 2.75) is 64.7 Å². The molecule has 0 saturated carbocycles. The van der Waals surface area contributed by atoms with Crippen LogP contribution in [0.15, 0.2) is 70.0 Å². The number of carboxylic acid groups (broad SMARTS) is 1. The van der Waals surface area contributed by atoms with E-state index in [1.165, 1.54) is 71.6 Å². The molecule has 4 amide bonds. The fourth-order valence-corrected chi connectivity index (χ4v) is 6.62. The van der Waals surface area contributed by atoms with Crippen molar-refractivity contribution >= 4 is 57.6 Å². The molecule has 0 aliphatic rings. The van der Waals surface area contributed by atoms with E-state index in [0.717, 1.165) is 6.20 Å². The van der Waals surface area contributed by atoms with Crippen LogP contribution in [0.2, 0.25) is 0 Å². The van der Waals surface area contributed by atoms with Crippen LogP contribution < -0.4 is 49.7 Å². The van der Waals surface area contributed by atoms with Gasteiger partial charge < -0.3 is 43.6 Å². The molecule has 4 heterocycles. The third-order valence-corrected chi connectivity index (χ3v) is 10.1. The molecule has 378 valence electrons. The number of rotatable bonds is 18. The molecular weight excluding hydrogens is 966 g/mol. The number of amides is 4. The average Bonchev–Trinajstić information content (AvgIpc) is 3.97. The Morgan fingerprint density at radius 2 is 1.07 bits per heavy atom. The summed E-state index contributed by atoms with van der Waals surface area (Å²) in [4.78, 5) is 57.6. The molecule has 0 bridgehead atoms. The molecule has 19 nitrogen and oxygen atoms in total. The van der Waals surface area contributed by atoms with E-state index in [2.05, 4.69) is 35.7 Å². The number of halogens is 6. The Hall–Kier alpha value is -6.70. The third-order valence-electron chi connectivity index (χ3n) is 10.1. The Kier molecular flexibility index (Phi) is 21.9. The van der Waals surface area contributed by atoms with Crippen molar-refractivity contribution in [3.8, 4) is 11.5 Å². The van der Waals surface area contributed by atoms with Crippen LogP contribution >= 0.6 is 0 Å². The summed E-state index contributed by atoms with van der Waals surface area (Å²) in [5, 5.41) is 20.3. The number of alkyl halides is 6. The molecule has 71 heavy (non-hydrogen) atoms. The quantitative estimate of drug-likeness (QED) is 0.0356. The number of pyridine rings is 2. The Morgan fingerprint density at radius 3 is 1.41 bits per heavy atom. The molecule has 0 saturated heterocycles. The van der Waals surface area contributed by atoms with Crippen molar-refractivity contribution < 1.29 is 109 Å². The van der Waals surface area contributed by atoms with Gasteiger partial charge in [-0.25, -0.2) is 29.1 Å². The number of methoxy groups -OCH3 is 1. The molecule has 0 aliphatic carbocycles. The van der Waals surface area contributed by atoms with Gasteiger partial charge >= 0.3 is 65.9 Å². The van der Waals surface area contributed by atoms with Gasteiger partial charge in [0.1, 0.15) is 23.1 Å². The monoisotopic (exact) mass is 1010 g/mol. The van der Waals surface area contributed by atoms with Gasteiger partial charge in [0.2, 0.25) is 0 Å². The first-order chi connectivity index (χ1) is 32.8. The molecule has 4 aromatic heterocycles. The number of aromatic nitrogens is 4. The van der Waals surface area contributed by atoms with E-state index in [0.29, 0.717) is 74.2 Å². The topological polar surface area (TPSA) is 255 Å². The predicted molar refractivity (Wildman–Crippen MR) is 238 cm³/mol. The van der Waals surface area contributed by atoms with Crippen LogP contribution in [0.25, 0.3) is 21.9 Å². The average molecular weight is 1010 g/mol. The fraction of sp³-hybridized carbons (Fsp3) is 0.378. The zero-order valence-electron chi connectivity index (χ0n) is 39.4. The van der Waals surface area contributed by atoms with Crippen LogP contribution in [0, 0.1) is 0 Å². The Labute approximate surface area is 423 Å². The number of carboxylic acids is 1. The molecule has 0 aliphatic heterocycles. The molecular formula is C45H49F6N8NaO11. The Bertz CT molecular complexity index is 2720. The molecule has 2 aromatic carbocycles. The molecule has 0 atom stereocenters. The number of anilines is 2. The van der Waals surface area contributed by atoms with Gasteiger partial charge in [-0.05, 0) is 74.2 Å². The van der Waals surface area contributed by atoms with Gasteiger partial charge in [0.25, 0.3) is 0 Å². The number of urea groups is 2. The smallest absolute Gasteiger partial charge is 0.870 e. The van der Waals surface area contributed by atoms with Gasteiger partial charge in [-0.15, -0.1) is 0 Å². The largest absolute Gasteiger partial charge is 1.00 e. The summed E-state index contributed by atoms with van der Waals surface area (Å²) in [6, 6.07) is 10.4. The normalized spacial score (nSPS) is 11.1. The van der Waals surface area contributed by atoms with Crippen molar-refractivity contribution in [3.63, 3.8) is 0 Å². The SMILES string of the molecule is CCCc1c(OCCCN(C)C(=O)Nc2ccc(C(=O)O)cn2)ccc2c(C(F)(F)F)noc12.CCCc1c(OCCCN(C)C(=O)Nc2ccc(C(=O)OC)cn2)ccc2c(C(F)(F)F)noc12.[Na+].[OH-]. The second-order valence-electron chi connectivity index (χ2n) is 15.2. The number of fused-ring (bicyclic) bond motifs is 2. The maximum absolute atomic E-state index is 13.1. The zero-order valence-corrected chi connectivity index (χ0v) is 41.4. The number of aryl methyl sites for hydroxylation is 2. The molecule has 6 rings (SSSR count). The number of hydrogen-bond acceptors (Lipinski definition) is 14. The fourth-order valence-electron chi connectivity index (χ4n) is 6.62. The molecule has 0 fully saturated rings. The zero-order chi connectivity index (χ0) is 50.5. The van der Waals surface area contributed by atoms with Crippen LogP contribution in [0.1, 0.15) is 82.8 Å². The number of carbonyl (C=O) groups is 4. The molecule has 26 heteroatoms. The number of aromatic carboxylic acids is 1. The van der Waals surface area contributed by atoms with Crippen LogP contribution in [-0.4, -0.2) is 112 Å². The number of carbonyl (C=O) groups excluding carboxylic acids is 3. The van der Waals surface area contributed by atoms with E-state index in [4.69, 9.17) is 23.6 Å². The van der Waals surface area contributed by atoms with Gasteiger partial charge in [0.05, 0.1) is 42.2 Å². The van der Waals surface area contributed by atoms with Crippen LogP contribution in [-0.2, 0) is 29.9 Å². The number of hydrogen-bond donors (Lipinski definition) is 3. The number of nitrogens with one attached hydrogen (secondary N) is 2. The van der Waals surface area contributed by atoms with Crippen molar-refractivity contribution in [3.05, 3.63) is 94.6 Å². The maximum Gasteiger partial charge on any atom is 1.00 e. The molecule has 0 radical (unpaired) electrons. The molecule has 4 N–H and O–H groups in total. The van der Waals surface area contributed by atoms with Crippen molar-refractivity contribution in [2.24, 2.45) is 0 Å². The number of ether oxygens (including phenoxy) is 3. The van der Waals surface area contributed by atoms with E-state index in [1.807, 2.05) is 13.8 Å². The first kappa shape index (κ1) is 58.6. The summed E-state index contributed by atoms with van der Waals surface area (Å²) in [5.41, 5.74) is -0.681. The van der Waals surface area contributed by atoms with Gasteiger partial charge in [0, 0.05) is 50.7 Å². The van der Waals surface area contributed by atoms with E-state index < -0.39 is 47.7 Å². The Morgan fingerprint density at radius 1 is 0.662 bits per heavy atom. The van der Waals surface area contributed by atoms with Crippen molar-refractivity contribution in [1.82, 2.24) is 30.1 Å². The van der Waals surface area contributed by atoms with Gasteiger partial charge in [-0.1, -0.05) is 37.0 Å². The van der Waals surface area contributed by atoms with Gasteiger partial charge in [-0.2, -0.15) is 26.3 Å². The van der Waals surface area contributed by atoms with Crippen LogP contribution in [0.3, 0.4) is 0 Å². The first-order valence-electron chi connectivity index (χ1n) is 21.3. The second-order valence-corrected chi connectivity index (χ2v) is 15.2. The van der Waals surface area contributed by atoms with Crippen molar-refractivity contribution in [1.29, 1.82) is 0 Å². The minimum Gasteiger partial charge on any atom is -0.870 e. The second kappa shape index (κ2) is 26.5. The number of esters is 1. The van der Waals surface area contributed by atoms with E-state index in [9.17, 15) is 45.5 Å². The predicted octanol–water partition coefficient (Wildman–Crippen LogP) is 6.57. The van der Waals surface area contributed by atoms with Gasteiger partial charge in [0.15, 0.2) is 22.6 Å². The minimum atomic E-state index is -4.61. The van der Waals surface area contributed by atoms with Crippen molar-refractivity contribution in [2.75, 3.05) is 58.1 Å². The molecule has 6 aromatic rings. The Balaban J connectivity index is 0.000000365. The minimum absolute atomic E-state index is 0.